The van der Waals surface area contributed by atoms with Crippen molar-refractivity contribution in [2.45, 2.75) is 5.92 Å². The number of carbonyl (C=O) groups is 1. The fourth-order valence-corrected chi connectivity index (χ4v) is 1.76. The zero-order valence-electron chi connectivity index (χ0n) is 9.03. The fraction of sp³-hybridized carbons (Fsp3) is 0.364. The third-order valence-electron chi connectivity index (χ3n) is 2.60. The van der Waals surface area contributed by atoms with E-state index in [1.54, 1.807) is 13.2 Å². The molecule has 1 amide bonds. The second-order valence-electron chi connectivity index (χ2n) is 3.68. The van der Waals surface area contributed by atoms with Gasteiger partial charge in [0.15, 0.2) is 0 Å². The predicted molar refractivity (Wildman–Crippen MR) is 59.5 cm³/mol. The lowest BCUT2D eigenvalue weighted by molar-refractivity contribution is 0.119. The normalized spacial score (nSPS) is 19.8. The number of hydrogen-bond donors (Lipinski definition) is 2. The highest BCUT2D eigenvalue weighted by molar-refractivity contribution is 5.68. The van der Waals surface area contributed by atoms with Crippen molar-refractivity contribution in [3.05, 3.63) is 23.8 Å². The van der Waals surface area contributed by atoms with Crippen LogP contribution in [-0.4, -0.2) is 26.4 Å². The molecule has 2 rings (SSSR count). The molecule has 3 N–H and O–H groups in total. The van der Waals surface area contributed by atoms with Crippen LogP contribution in [0, 0.1) is 0 Å². The van der Waals surface area contributed by atoms with Crippen LogP contribution in [0.25, 0.3) is 0 Å². The van der Waals surface area contributed by atoms with E-state index in [1.165, 1.54) is 0 Å². The van der Waals surface area contributed by atoms with E-state index >= 15 is 0 Å². The standard InChI is InChI=1S/C11H14N2O3/c1-15-10-3-2-8(12)4-9(10)7-5-13-11(14)16-6-7/h2-4,7H,5-6,12H2,1H3,(H,13,14). The van der Waals surface area contributed by atoms with Crippen LogP contribution in [0.3, 0.4) is 0 Å². The molecule has 0 aromatic heterocycles. The summed E-state index contributed by atoms with van der Waals surface area (Å²) in [5, 5.41) is 2.64. The van der Waals surface area contributed by atoms with E-state index in [1.807, 2.05) is 12.1 Å². The van der Waals surface area contributed by atoms with Crippen LogP contribution in [0.4, 0.5) is 10.5 Å². The van der Waals surface area contributed by atoms with Crippen LogP contribution >= 0.6 is 0 Å². The summed E-state index contributed by atoms with van der Waals surface area (Å²) in [7, 11) is 1.61. The van der Waals surface area contributed by atoms with Gasteiger partial charge < -0.3 is 20.5 Å². The number of anilines is 1. The highest BCUT2D eigenvalue weighted by atomic mass is 16.6. The molecule has 86 valence electrons. The Kier molecular flexibility index (Phi) is 2.85. The number of cyclic esters (lactones) is 1. The van der Waals surface area contributed by atoms with E-state index in [-0.39, 0.29) is 12.0 Å². The van der Waals surface area contributed by atoms with Crippen molar-refractivity contribution in [3.63, 3.8) is 0 Å². The smallest absolute Gasteiger partial charge is 0.407 e. The summed E-state index contributed by atoms with van der Waals surface area (Å²) in [5.41, 5.74) is 7.37. The van der Waals surface area contributed by atoms with Crippen LogP contribution < -0.4 is 15.8 Å². The number of carbonyl (C=O) groups excluding carboxylic acids is 1. The number of amides is 1. The minimum atomic E-state index is -0.376. The molecule has 1 aromatic rings. The second-order valence-corrected chi connectivity index (χ2v) is 3.68. The Morgan fingerprint density at radius 3 is 3.00 bits per heavy atom. The summed E-state index contributed by atoms with van der Waals surface area (Å²) < 4.78 is 10.2. The number of nitrogens with two attached hydrogens (primary N) is 1. The van der Waals surface area contributed by atoms with Crippen LogP contribution in [0.5, 0.6) is 5.75 Å². The monoisotopic (exact) mass is 222 g/mol. The number of nitrogens with one attached hydrogen (secondary N) is 1. The first kappa shape index (κ1) is 10.6. The molecular formula is C11H14N2O3. The van der Waals surface area contributed by atoms with Gasteiger partial charge in [0.05, 0.1) is 7.11 Å². The number of alkyl carbamates (subject to hydrolysis) is 1. The lowest BCUT2D eigenvalue weighted by Crippen LogP contribution is -2.37. The van der Waals surface area contributed by atoms with E-state index in [0.29, 0.717) is 18.8 Å². The van der Waals surface area contributed by atoms with Crippen molar-refractivity contribution in [3.8, 4) is 5.75 Å². The van der Waals surface area contributed by atoms with Crippen molar-refractivity contribution in [2.24, 2.45) is 0 Å². The number of ether oxygens (including phenoxy) is 2. The molecule has 1 aromatic carbocycles. The number of rotatable bonds is 2. The van der Waals surface area contributed by atoms with E-state index in [9.17, 15) is 4.79 Å². The van der Waals surface area contributed by atoms with Crippen molar-refractivity contribution in [2.75, 3.05) is 26.0 Å². The Labute approximate surface area is 93.5 Å². The molecule has 1 unspecified atom stereocenters. The first-order chi connectivity index (χ1) is 7.70. The van der Waals surface area contributed by atoms with Crippen molar-refractivity contribution >= 4 is 11.8 Å². The van der Waals surface area contributed by atoms with Gasteiger partial charge in [-0.3, -0.25) is 0 Å². The molecule has 16 heavy (non-hydrogen) atoms. The van der Waals surface area contributed by atoms with Gasteiger partial charge in [-0.15, -0.1) is 0 Å². The number of benzene rings is 1. The van der Waals surface area contributed by atoms with Gasteiger partial charge in [-0.05, 0) is 18.2 Å². The summed E-state index contributed by atoms with van der Waals surface area (Å²) in [6.07, 6.45) is -0.376. The molecule has 0 spiro atoms. The Morgan fingerprint density at radius 1 is 1.56 bits per heavy atom. The Bertz CT molecular complexity index is 396. The van der Waals surface area contributed by atoms with Crippen LogP contribution in [0.1, 0.15) is 11.5 Å². The molecule has 1 aliphatic rings. The fourth-order valence-electron chi connectivity index (χ4n) is 1.76. The molecule has 1 fully saturated rings. The maximum absolute atomic E-state index is 10.9. The molecule has 5 heteroatoms. The summed E-state index contributed by atoms with van der Waals surface area (Å²) in [6.45, 7) is 0.893. The summed E-state index contributed by atoms with van der Waals surface area (Å²) in [4.78, 5) is 10.9. The number of hydrogen-bond acceptors (Lipinski definition) is 4. The third kappa shape index (κ3) is 2.03. The molecule has 0 bridgehead atoms. The number of nitrogen functional groups attached to an aromatic ring is 1. The molecule has 0 radical (unpaired) electrons. The minimum absolute atomic E-state index is 0.0798. The maximum Gasteiger partial charge on any atom is 0.407 e. The van der Waals surface area contributed by atoms with E-state index in [0.717, 1.165) is 11.3 Å². The highest BCUT2D eigenvalue weighted by Gasteiger charge is 2.23. The summed E-state index contributed by atoms with van der Waals surface area (Å²) >= 11 is 0. The lowest BCUT2D eigenvalue weighted by atomic mass is 9.97. The largest absolute Gasteiger partial charge is 0.496 e. The Morgan fingerprint density at radius 2 is 2.38 bits per heavy atom. The molecule has 1 heterocycles. The summed E-state index contributed by atoms with van der Waals surface area (Å²) in [5.74, 6) is 0.843. The SMILES string of the molecule is COc1ccc(N)cc1C1CNC(=O)OC1. The first-order valence-electron chi connectivity index (χ1n) is 5.04. The average molecular weight is 222 g/mol. The quantitative estimate of drug-likeness (QED) is 0.735. The molecule has 1 atom stereocenters. The van der Waals surface area contributed by atoms with Crippen LogP contribution in [0.15, 0.2) is 18.2 Å². The summed E-state index contributed by atoms with van der Waals surface area (Å²) in [6, 6.07) is 5.45. The minimum Gasteiger partial charge on any atom is -0.496 e. The van der Waals surface area contributed by atoms with Gasteiger partial charge in [-0.1, -0.05) is 0 Å². The molecular weight excluding hydrogens is 208 g/mol. The van der Waals surface area contributed by atoms with E-state index < -0.39 is 0 Å². The van der Waals surface area contributed by atoms with Gasteiger partial charge in [0.25, 0.3) is 0 Å². The van der Waals surface area contributed by atoms with E-state index in [2.05, 4.69) is 5.32 Å². The van der Waals surface area contributed by atoms with Gasteiger partial charge in [0.1, 0.15) is 12.4 Å². The highest BCUT2D eigenvalue weighted by Crippen LogP contribution is 2.29. The van der Waals surface area contributed by atoms with Gasteiger partial charge in [0, 0.05) is 23.7 Å². The average Bonchev–Trinajstić information content (AvgIpc) is 2.30. The van der Waals surface area contributed by atoms with E-state index in [4.69, 9.17) is 15.2 Å². The van der Waals surface area contributed by atoms with Crippen LogP contribution in [-0.2, 0) is 4.74 Å². The van der Waals surface area contributed by atoms with Gasteiger partial charge in [-0.25, -0.2) is 4.79 Å². The van der Waals surface area contributed by atoms with Gasteiger partial charge >= 0.3 is 6.09 Å². The zero-order valence-corrected chi connectivity index (χ0v) is 9.03. The second kappa shape index (κ2) is 4.30. The first-order valence-corrected chi connectivity index (χ1v) is 5.04. The molecule has 5 nitrogen and oxygen atoms in total. The number of methoxy groups -OCH3 is 1. The molecule has 0 saturated carbocycles. The molecule has 1 saturated heterocycles. The van der Waals surface area contributed by atoms with Gasteiger partial charge in [-0.2, -0.15) is 0 Å². The lowest BCUT2D eigenvalue weighted by Gasteiger charge is -2.24. The van der Waals surface area contributed by atoms with Crippen molar-refractivity contribution in [1.29, 1.82) is 0 Å². The molecule has 1 aliphatic heterocycles. The van der Waals surface area contributed by atoms with Crippen LogP contribution in [0.2, 0.25) is 0 Å². The van der Waals surface area contributed by atoms with Gasteiger partial charge in [0.2, 0.25) is 0 Å². The predicted octanol–water partition coefficient (Wildman–Crippen LogP) is 1.10. The maximum atomic E-state index is 10.9. The van der Waals surface area contributed by atoms with Crippen molar-refractivity contribution in [1.82, 2.24) is 5.32 Å². The van der Waals surface area contributed by atoms with Crippen molar-refractivity contribution < 1.29 is 14.3 Å². The topological polar surface area (TPSA) is 73.6 Å². The molecule has 0 aliphatic carbocycles. The zero-order chi connectivity index (χ0) is 11.5. The Balaban J connectivity index is 2.24. The Hall–Kier alpha value is -1.91. The third-order valence-corrected chi connectivity index (χ3v) is 2.60.